The van der Waals surface area contributed by atoms with E-state index in [-0.39, 0.29) is 42.1 Å². The van der Waals surface area contributed by atoms with Crippen LogP contribution in [0.5, 0.6) is 11.5 Å². The molecule has 4 aromatic rings. The Bertz CT molecular complexity index is 2520. The molecule has 0 radical (unpaired) electrons. The third-order valence-electron chi connectivity index (χ3n) is 9.74. The number of halogens is 5. The van der Waals surface area contributed by atoms with Crippen LogP contribution in [0.2, 0.25) is 10.0 Å². The first-order valence-corrected chi connectivity index (χ1v) is 28.3. The number of carboxylic acid groups (broad SMARTS) is 1. The smallest absolute Gasteiger partial charge is 0.350 e. The van der Waals surface area contributed by atoms with Crippen LogP contribution in [0.15, 0.2) is 59.4 Å². The number of nitrogens with one attached hydrogen (secondary N) is 1. The Hall–Kier alpha value is -3.96. The van der Waals surface area contributed by atoms with E-state index in [0.717, 1.165) is 54.0 Å². The highest BCUT2D eigenvalue weighted by Crippen LogP contribution is 2.35. The van der Waals surface area contributed by atoms with E-state index in [9.17, 15) is 28.6 Å². The number of rotatable bonds is 14. The quantitative estimate of drug-likeness (QED) is 0.0497. The van der Waals surface area contributed by atoms with E-state index < -0.39 is 31.2 Å². The number of benzene rings is 3. The molecule has 2 aliphatic rings. The van der Waals surface area contributed by atoms with Crippen molar-refractivity contribution in [1.82, 2.24) is 19.7 Å². The van der Waals surface area contributed by atoms with E-state index in [1.165, 1.54) is 10.7 Å². The number of hydrogen-bond donors (Lipinski definition) is 3. The summed E-state index contributed by atoms with van der Waals surface area (Å²) in [7, 11) is -2.07. The number of aromatic nitrogens is 3. The molecular formula is C47H62Cl5N6O11PS. The highest BCUT2D eigenvalue weighted by Gasteiger charge is 2.32. The van der Waals surface area contributed by atoms with Gasteiger partial charge in [0.25, 0.3) is 5.91 Å². The maximum atomic E-state index is 12.5. The van der Waals surface area contributed by atoms with E-state index >= 15 is 0 Å². The molecule has 1 aromatic heterocycles. The molecule has 3 atom stereocenters. The number of hydrogen-bond acceptors (Lipinski definition) is 11. The number of anilines is 2. The third-order valence-corrected chi connectivity index (χ3v) is 11.6. The van der Waals surface area contributed by atoms with Crippen molar-refractivity contribution in [3.05, 3.63) is 92.1 Å². The molecule has 2 aliphatic heterocycles. The van der Waals surface area contributed by atoms with Gasteiger partial charge in [-0.15, -0.1) is 23.1 Å². The zero-order valence-corrected chi connectivity index (χ0v) is 46.3. The zero-order chi connectivity index (χ0) is 53.6. The normalized spacial score (nSPS) is 14.6. The van der Waals surface area contributed by atoms with Crippen LogP contribution in [-0.2, 0) is 54.0 Å². The Morgan fingerprint density at radius 1 is 1.10 bits per heavy atom. The number of aliphatic carboxylic acids is 1. The van der Waals surface area contributed by atoms with Gasteiger partial charge in [-0.1, -0.05) is 89.6 Å². The molecule has 0 spiro atoms. The number of aryl methyl sites for hydroxylation is 3. The van der Waals surface area contributed by atoms with Crippen LogP contribution in [0.25, 0.3) is 5.69 Å². The summed E-state index contributed by atoms with van der Waals surface area (Å²) in [6.07, 6.45) is 14.7. The van der Waals surface area contributed by atoms with Crippen molar-refractivity contribution in [2.24, 2.45) is 0 Å². The fraction of sp³-hybridized carbons (Fsp3) is 0.468. The number of fused-ring (bicyclic) bond motifs is 2. The molecule has 0 saturated heterocycles. The highest BCUT2D eigenvalue weighted by molar-refractivity contribution is 7.94. The predicted octanol–water partition coefficient (Wildman–Crippen LogP) is 7.12. The Morgan fingerprint density at radius 3 is 2.32 bits per heavy atom. The topological polar surface area (TPSA) is 218 Å². The van der Waals surface area contributed by atoms with Crippen molar-refractivity contribution in [3.8, 4) is 29.5 Å². The first kappa shape index (κ1) is 63.2. The first-order chi connectivity index (χ1) is 33.4. The summed E-state index contributed by atoms with van der Waals surface area (Å²) < 4.78 is 29.0. The summed E-state index contributed by atoms with van der Waals surface area (Å²) in [5, 5.41) is 15.0. The van der Waals surface area contributed by atoms with Crippen LogP contribution in [0.3, 0.4) is 0 Å². The number of amides is 2. The van der Waals surface area contributed by atoms with E-state index in [2.05, 4.69) is 42.8 Å². The molecular weight excluding hydrogens is 1060 g/mol. The van der Waals surface area contributed by atoms with Gasteiger partial charge in [-0.05, 0) is 80.3 Å². The predicted molar refractivity (Wildman–Crippen MR) is 285 cm³/mol. The van der Waals surface area contributed by atoms with Crippen LogP contribution < -0.4 is 35.2 Å². The monoisotopic (exact) mass is 1120 g/mol. The van der Waals surface area contributed by atoms with Crippen molar-refractivity contribution in [1.29, 1.82) is 0 Å². The minimum absolute atomic E-state index is 0.0223. The molecule has 71 heavy (non-hydrogen) atoms. The molecule has 0 bridgehead atoms. The molecule has 24 heteroatoms. The number of carboxylic acids is 1. The van der Waals surface area contributed by atoms with Crippen LogP contribution in [0.1, 0.15) is 50.6 Å². The molecule has 392 valence electrons. The van der Waals surface area contributed by atoms with Gasteiger partial charge in [-0.25, -0.2) is 4.79 Å². The third kappa shape index (κ3) is 20.5. The number of alkyl halides is 3. The number of terminal acetylenes is 1. The fourth-order valence-electron chi connectivity index (χ4n) is 6.83. The number of nitrogens with zero attached hydrogens (tertiary/aromatic N) is 5. The average Bonchev–Trinajstić information content (AvgIpc) is 3.64. The maximum Gasteiger partial charge on any atom is 0.350 e. The number of carbonyl (C=O) groups excluding carboxylic acids is 2. The number of methoxy groups -OCH3 is 1. The summed E-state index contributed by atoms with van der Waals surface area (Å²) in [6.45, 7) is 9.18. The van der Waals surface area contributed by atoms with Crippen molar-refractivity contribution < 1.29 is 48.1 Å². The van der Waals surface area contributed by atoms with Gasteiger partial charge in [0.15, 0.2) is 4.84 Å². The molecule has 0 fully saturated rings. The van der Waals surface area contributed by atoms with Crippen molar-refractivity contribution >= 4 is 106 Å². The molecule has 2 amide bonds. The molecule has 0 saturated carbocycles. The second-order valence-corrected chi connectivity index (χ2v) is 22.3. The zero-order valence-electron chi connectivity index (χ0n) is 40.8. The van der Waals surface area contributed by atoms with Gasteiger partial charge >= 0.3 is 11.7 Å². The lowest BCUT2D eigenvalue weighted by molar-refractivity contribution is -0.193. The summed E-state index contributed by atoms with van der Waals surface area (Å²) in [6, 6.07) is 16.4. The lowest BCUT2D eigenvalue weighted by Gasteiger charge is -2.35. The maximum absolute atomic E-state index is 12.5. The van der Waals surface area contributed by atoms with Crippen molar-refractivity contribution in [2.45, 2.75) is 76.8 Å². The Kier molecular flexibility index (Phi) is 28.1. The van der Waals surface area contributed by atoms with E-state index in [0.29, 0.717) is 57.9 Å². The Labute approximate surface area is 443 Å². The Balaban J connectivity index is 0.000000326. The van der Waals surface area contributed by atoms with Gasteiger partial charge < -0.3 is 43.5 Å². The van der Waals surface area contributed by atoms with Crippen LogP contribution in [0.4, 0.5) is 11.4 Å². The number of ether oxygens (including phenoxy) is 3. The summed E-state index contributed by atoms with van der Waals surface area (Å²) in [4.78, 5) is 66.6. The average molecular weight is 1130 g/mol. The number of para-hydroxylation sites is 3. The van der Waals surface area contributed by atoms with Crippen molar-refractivity contribution in [3.63, 3.8) is 0 Å². The molecule has 3 heterocycles. The van der Waals surface area contributed by atoms with Gasteiger partial charge in [-0.3, -0.25) is 24.3 Å². The van der Waals surface area contributed by atoms with Gasteiger partial charge in [0.05, 0.1) is 77.4 Å². The molecule has 3 aromatic carbocycles. The van der Waals surface area contributed by atoms with Crippen molar-refractivity contribution in [2.75, 3.05) is 74.2 Å². The van der Waals surface area contributed by atoms with Crippen LogP contribution in [-0.4, -0.2) is 123 Å². The van der Waals surface area contributed by atoms with Gasteiger partial charge in [0.1, 0.15) is 44.0 Å². The Morgan fingerprint density at radius 2 is 1.76 bits per heavy atom. The summed E-state index contributed by atoms with van der Waals surface area (Å²) in [5.41, 5.74) is 4.16. The van der Waals surface area contributed by atoms with E-state index in [4.69, 9.17) is 88.6 Å². The molecule has 0 aliphatic carbocycles. The lowest BCUT2D eigenvalue weighted by Crippen LogP contribution is -2.47. The van der Waals surface area contributed by atoms with Gasteiger partial charge in [-0.2, -0.15) is 4.68 Å². The molecule has 17 nitrogen and oxygen atoms in total. The SMILES string of the molecule is C#CCOc1cc(-n2nc3n(c2=O)CCCC3)c(Cl)cc1Cl.CC1COc2ccccc2N1C(=O)C(Cl)Cl.CCc1cccc(C)c1N(C(=O)CCl)C(C)COC.C[S+](C)C.O=C(O)CNCP(=O)([O-])O. The number of carbonyl (C=O) groups is 3. The minimum Gasteiger partial charge on any atom is -0.778 e. The minimum atomic E-state index is -4.35. The molecule has 3 N–H and O–H groups in total. The van der Waals surface area contributed by atoms with Gasteiger partial charge in [0.2, 0.25) is 5.91 Å². The van der Waals surface area contributed by atoms with Crippen LogP contribution >= 0.6 is 65.6 Å². The second kappa shape index (κ2) is 31.6. The second-order valence-electron chi connectivity index (χ2n) is 16.1. The van der Waals surface area contributed by atoms with Gasteiger partial charge in [0, 0.05) is 26.1 Å². The van der Waals surface area contributed by atoms with E-state index in [1.807, 2.05) is 62.5 Å². The highest BCUT2D eigenvalue weighted by atomic mass is 35.5. The summed E-state index contributed by atoms with van der Waals surface area (Å²) >= 11 is 29.3. The van der Waals surface area contributed by atoms with E-state index in [1.54, 1.807) is 27.5 Å². The molecule has 6 rings (SSSR count). The first-order valence-electron chi connectivity index (χ1n) is 21.9. The summed E-state index contributed by atoms with van der Waals surface area (Å²) in [5.74, 6) is 2.60. The van der Waals surface area contributed by atoms with Crippen LogP contribution in [0, 0.1) is 19.3 Å². The standard InChI is InChI=1S/C15H13Cl2N3O2.C15H22ClNO2.C11H11Cl2NO2.C3H8NO5P.C3H9S/c1-2-7-22-13-9-12(10(16)8-11(13)17)20-15(21)19-6-4-3-5-14(19)18-20;1-5-13-8-6-7-11(2)15(13)17(14(18)9-16)12(3)10-19-4;1-7-6-16-9-5-3-2-4-8(9)14(7)11(15)10(12)13;5-3(6)1-4-2-10(7,8)9;1-4(2)3/h1,8-9H,3-7H2;6-8,12H,5,9-10H2,1-4H3;2-5,7,10H,6H2,1H3;4H,1-2H2,(H,5,6)(H2,7,8,9);1-3H3/q;;;;+1/p-1. The lowest BCUT2D eigenvalue weighted by atomic mass is 10.0. The largest absolute Gasteiger partial charge is 0.778 e. The molecule has 3 unspecified atom stereocenters. The fourth-order valence-corrected chi connectivity index (χ4v) is 8.08.